The number of hydrogen-bond donors (Lipinski definition) is 0. The highest BCUT2D eigenvalue weighted by atomic mass is 16.5. The van der Waals surface area contributed by atoms with Gasteiger partial charge in [0.05, 0.1) is 13.7 Å². The average molecular weight is 244 g/mol. The van der Waals surface area contributed by atoms with Gasteiger partial charge in [0, 0.05) is 6.07 Å². The van der Waals surface area contributed by atoms with E-state index in [4.69, 9.17) is 13.9 Å². The minimum absolute atomic E-state index is 0.740. The van der Waals surface area contributed by atoms with Gasteiger partial charge < -0.3 is 13.9 Å². The molecule has 0 radical (unpaired) electrons. The number of para-hydroxylation sites is 1. The average Bonchev–Trinajstić information content (AvgIpc) is 3.03. The van der Waals surface area contributed by atoms with Crippen LogP contribution in [0.3, 0.4) is 0 Å². The van der Waals surface area contributed by atoms with E-state index in [1.807, 2.05) is 55.5 Å². The quantitative estimate of drug-likeness (QED) is 0.698. The predicted octanol–water partition coefficient (Wildman–Crippen LogP) is 3.96. The number of methoxy groups -OCH3 is 1. The van der Waals surface area contributed by atoms with Gasteiger partial charge in [-0.2, -0.15) is 0 Å². The Bertz CT molecular complexity index is 557. The fraction of sp³-hybridized carbons (Fsp3) is 0.200. The van der Waals surface area contributed by atoms with Crippen molar-refractivity contribution >= 4 is 11.2 Å². The summed E-state index contributed by atoms with van der Waals surface area (Å²) in [5.41, 5.74) is 1.70. The van der Waals surface area contributed by atoms with Crippen molar-refractivity contribution in [2.75, 3.05) is 13.7 Å². The van der Waals surface area contributed by atoms with Crippen molar-refractivity contribution in [3.8, 4) is 11.5 Å². The maximum atomic E-state index is 5.21. The van der Waals surface area contributed by atoms with Crippen LogP contribution in [0.15, 0.2) is 52.9 Å². The van der Waals surface area contributed by atoms with Crippen molar-refractivity contribution in [2.24, 2.45) is 0 Å². The molecule has 3 aromatic rings. The molecule has 2 bridgehead atoms. The predicted molar refractivity (Wildman–Crippen MR) is 71.6 cm³/mol. The molecule has 0 saturated heterocycles. The van der Waals surface area contributed by atoms with E-state index in [9.17, 15) is 0 Å². The van der Waals surface area contributed by atoms with Crippen LogP contribution in [-0.2, 0) is 0 Å². The second kappa shape index (κ2) is 5.96. The van der Waals surface area contributed by atoms with Gasteiger partial charge >= 0.3 is 0 Å². The standard InChI is InChI=1S/C8H10O.C7H6O2/c1-2-9-8-6-4-3-5-7-8;1-8-7-4-5-2-3-6(7)9-5/h3-7H,2H2,1H3;2-4H,1H3. The number of ether oxygens (including phenoxy) is 2. The SMILES string of the molecule is CCOc1ccccc1.COc1cc2ccc1o2. The Kier molecular flexibility index (Phi) is 4.07. The zero-order chi connectivity index (χ0) is 12.8. The molecule has 94 valence electrons. The van der Waals surface area contributed by atoms with Crippen LogP contribution in [0, 0.1) is 0 Å². The van der Waals surface area contributed by atoms with Crippen LogP contribution in [-0.4, -0.2) is 13.7 Å². The van der Waals surface area contributed by atoms with Gasteiger partial charge in [-0.1, -0.05) is 18.2 Å². The largest absolute Gasteiger partial charge is 0.494 e. The molecule has 0 aliphatic carbocycles. The summed E-state index contributed by atoms with van der Waals surface area (Å²) < 4.78 is 15.4. The maximum Gasteiger partial charge on any atom is 0.169 e. The molecule has 0 aliphatic rings. The van der Waals surface area contributed by atoms with Gasteiger partial charge in [0.15, 0.2) is 11.3 Å². The smallest absolute Gasteiger partial charge is 0.169 e. The van der Waals surface area contributed by atoms with E-state index in [1.165, 1.54) is 0 Å². The van der Waals surface area contributed by atoms with E-state index in [2.05, 4.69) is 0 Å². The summed E-state index contributed by atoms with van der Waals surface area (Å²) in [6, 6.07) is 15.5. The monoisotopic (exact) mass is 244 g/mol. The van der Waals surface area contributed by atoms with Crippen molar-refractivity contribution in [1.82, 2.24) is 0 Å². The molecule has 2 aromatic heterocycles. The summed E-state index contributed by atoms with van der Waals surface area (Å²) >= 11 is 0. The third-order valence-electron chi connectivity index (χ3n) is 2.42. The first-order valence-corrected chi connectivity index (χ1v) is 5.87. The van der Waals surface area contributed by atoms with Crippen molar-refractivity contribution in [3.05, 3.63) is 48.5 Å². The Morgan fingerprint density at radius 2 is 1.83 bits per heavy atom. The first kappa shape index (κ1) is 12.3. The highest BCUT2D eigenvalue weighted by Gasteiger charge is 2.04. The zero-order valence-corrected chi connectivity index (χ0v) is 10.6. The van der Waals surface area contributed by atoms with Crippen LogP contribution in [0.5, 0.6) is 11.5 Å². The van der Waals surface area contributed by atoms with E-state index in [-0.39, 0.29) is 0 Å². The topological polar surface area (TPSA) is 31.6 Å². The van der Waals surface area contributed by atoms with Gasteiger partial charge in [0.2, 0.25) is 0 Å². The highest BCUT2D eigenvalue weighted by Crippen LogP contribution is 2.27. The minimum Gasteiger partial charge on any atom is -0.494 e. The van der Waals surface area contributed by atoms with Crippen LogP contribution in [0.4, 0.5) is 0 Å². The van der Waals surface area contributed by atoms with Crippen molar-refractivity contribution < 1.29 is 13.9 Å². The number of fused-ring (bicyclic) bond motifs is 2. The molecule has 3 heteroatoms. The lowest BCUT2D eigenvalue weighted by atomic mass is 10.3. The van der Waals surface area contributed by atoms with Gasteiger partial charge in [-0.15, -0.1) is 0 Å². The molecule has 0 unspecified atom stereocenters. The van der Waals surface area contributed by atoms with Crippen LogP contribution in [0.1, 0.15) is 6.92 Å². The lowest BCUT2D eigenvalue weighted by molar-refractivity contribution is 0.340. The molecule has 18 heavy (non-hydrogen) atoms. The molecule has 0 spiro atoms. The van der Waals surface area contributed by atoms with E-state index in [1.54, 1.807) is 7.11 Å². The fourth-order valence-electron chi connectivity index (χ4n) is 1.61. The molecule has 3 nitrogen and oxygen atoms in total. The summed E-state index contributed by atoms with van der Waals surface area (Å²) in [6.45, 7) is 2.72. The third kappa shape index (κ3) is 2.94. The second-order valence-corrected chi connectivity index (χ2v) is 3.66. The number of rotatable bonds is 3. The number of benzene rings is 2. The lowest BCUT2D eigenvalue weighted by Crippen LogP contribution is -1.89. The van der Waals surface area contributed by atoms with Crippen LogP contribution in [0.2, 0.25) is 0 Å². The molecule has 0 aliphatic heterocycles. The first-order valence-electron chi connectivity index (χ1n) is 5.87. The summed E-state index contributed by atoms with van der Waals surface area (Å²) in [5.74, 6) is 1.77. The molecule has 0 saturated carbocycles. The minimum atomic E-state index is 0.740. The summed E-state index contributed by atoms with van der Waals surface area (Å²) in [7, 11) is 1.64. The molecule has 0 atom stereocenters. The molecule has 1 aromatic carbocycles. The molecule has 3 rings (SSSR count). The molecule has 0 fully saturated rings. The first-order chi connectivity index (χ1) is 8.83. The van der Waals surface area contributed by atoms with E-state index in [0.29, 0.717) is 0 Å². The molecule has 0 amide bonds. The van der Waals surface area contributed by atoms with E-state index >= 15 is 0 Å². The van der Waals surface area contributed by atoms with Crippen molar-refractivity contribution in [2.45, 2.75) is 6.92 Å². The number of hydrogen-bond acceptors (Lipinski definition) is 3. The molecule has 0 N–H and O–H groups in total. The van der Waals surface area contributed by atoms with Gasteiger partial charge in [-0.05, 0) is 31.2 Å². The van der Waals surface area contributed by atoms with Crippen molar-refractivity contribution in [1.29, 1.82) is 0 Å². The van der Waals surface area contributed by atoms with Gasteiger partial charge in [-0.3, -0.25) is 0 Å². The van der Waals surface area contributed by atoms with Gasteiger partial charge in [0.1, 0.15) is 11.3 Å². The van der Waals surface area contributed by atoms with Crippen LogP contribution >= 0.6 is 0 Å². The normalized spacial score (nSPS) is 9.89. The summed E-state index contributed by atoms with van der Waals surface area (Å²) in [4.78, 5) is 0. The fourth-order valence-corrected chi connectivity index (χ4v) is 1.61. The Balaban J connectivity index is 0.000000134. The molecular formula is C15H16O3. The van der Waals surface area contributed by atoms with Crippen LogP contribution in [0.25, 0.3) is 11.2 Å². The van der Waals surface area contributed by atoms with Crippen molar-refractivity contribution in [3.63, 3.8) is 0 Å². The van der Waals surface area contributed by atoms with Gasteiger partial charge in [-0.25, -0.2) is 0 Å². The molecular weight excluding hydrogens is 228 g/mol. The highest BCUT2D eigenvalue weighted by molar-refractivity contribution is 5.69. The van der Waals surface area contributed by atoms with Gasteiger partial charge in [0.25, 0.3) is 0 Å². The maximum absolute atomic E-state index is 5.21. The lowest BCUT2D eigenvalue weighted by Gasteiger charge is -1.99. The Hall–Kier alpha value is -2.16. The van der Waals surface area contributed by atoms with E-state index < -0.39 is 0 Å². The Morgan fingerprint density at radius 1 is 1.06 bits per heavy atom. The van der Waals surface area contributed by atoms with Crippen LogP contribution < -0.4 is 9.47 Å². The Morgan fingerprint density at radius 3 is 2.28 bits per heavy atom. The van der Waals surface area contributed by atoms with E-state index in [0.717, 1.165) is 29.3 Å². The third-order valence-corrected chi connectivity index (χ3v) is 2.42. The second-order valence-electron chi connectivity index (χ2n) is 3.66. The summed E-state index contributed by atoms with van der Waals surface area (Å²) in [5, 5.41) is 0. The molecule has 2 heterocycles. The summed E-state index contributed by atoms with van der Waals surface area (Å²) in [6.07, 6.45) is 0. The Labute approximate surface area is 106 Å². The number of furan rings is 2. The zero-order valence-electron chi connectivity index (χ0n) is 10.6.